The highest BCUT2D eigenvalue weighted by Gasteiger charge is 2.23. The second-order valence-corrected chi connectivity index (χ2v) is 4.23. The summed E-state index contributed by atoms with van der Waals surface area (Å²) < 4.78 is 15.8. The average Bonchev–Trinajstić information content (AvgIpc) is 3.18. The van der Waals surface area contributed by atoms with Gasteiger partial charge in [0, 0.05) is 11.1 Å². The first-order valence-electron chi connectivity index (χ1n) is 5.82. The van der Waals surface area contributed by atoms with E-state index in [9.17, 15) is 4.79 Å². The van der Waals surface area contributed by atoms with Crippen molar-refractivity contribution in [1.29, 1.82) is 0 Å². The normalized spacial score (nSPS) is 17.1. The molecule has 2 rings (SSSR count). The highest BCUT2D eigenvalue weighted by atomic mass is 16.6. The van der Waals surface area contributed by atoms with Crippen LogP contribution in [0.4, 0.5) is 0 Å². The van der Waals surface area contributed by atoms with Crippen LogP contribution in [0.1, 0.15) is 12.5 Å². The lowest BCUT2D eigenvalue weighted by molar-refractivity contribution is -0.140. The molecule has 18 heavy (non-hydrogen) atoms. The van der Waals surface area contributed by atoms with Gasteiger partial charge in [-0.3, -0.25) is 0 Å². The van der Waals surface area contributed by atoms with Gasteiger partial charge in [0.1, 0.15) is 25.1 Å². The van der Waals surface area contributed by atoms with Gasteiger partial charge in [-0.1, -0.05) is 24.8 Å². The maximum atomic E-state index is 11.3. The van der Waals surface area contributed by atoms with Crippen LogP contribution in [0.25, 0.3) is 0 Å². The first-order valence-corrected chi connectivity index (χ1v) is 5.82. The molecule has 1 unspecified atom stereocenters. The summed E-state index contributed by atoms with van der Waals surface area (Å²) in [6.07, 6.45) is 0.205. The molecule has 0 radical (unpaired) electrons. The van der Waals surface area contributed by atoms with E-state index in [0.29, 0.717) is 12.2 Å². The molecule has 0 spiro atoms. The predicted molar refractivity (Wildman–Crippen MR) is 66.3 cm³/mol. The van der Waals surface area contributed by atoms with Crippen LogP contribution in [0.5, 0.6) is 5.75 Å². The van der Waals surface area contributed by atoms with E-state index in [1.54, 1.807) is 6.92 Å². The van der Waals surface area contributed by atoms with E-state index in [1.165, 1.54) is 0 Å². The van der Waals surface area contributed by atoms with Gasteiger partial charge in [0.05, 0.1) is 6.61 Å². The summed E-state index contributed by atoms with van der Waals surface area (Å²) in [5.74, 6) is 0.331. The molecule has 1 aromatic carbocycles. The number of hydrogen-bond donors (Lipinski definition) is 0. The minimum atomic E-state index is -0.393. The summed E-state index contributed by atoms with van der Waals surface area (Å²) in [6, 6.07) is 7.48. The van der Waals surface area contributed by atoms with E-state index < -0.39 is 5.97 Å². The third-order valence-corrected chi connectivity index (χ3v) is 2.51. The molecule has 1 fully saturated rings. The number of carbonyl (C=O) groups is 1. The van der Waals surface area contributed by atoms with Crippen LogP contribution < -0.4 is 4.74 Å². The van der Waals surface area contributed by atoms with Crippen molar-refractivity contribution >= 4 is 5.97 Å². The fourth-order valence-electron chi connectivity index (χ4n) is 1.38. The molecule has 1 aromatic rings. The second-order valence-electron chi connectivity index (χ2n) is 4.23. The number of benzene rings is 1. The number of carbonyl (C=O) groups excluding carboxylic acids is 1. The van der Waals surface area contributed by atoms with Crippen molar-refractivity contribution in [2.75, 3.05) is 13.2 Å². The van der Waals surface area contributed by atoms with Crippen LogP contribution in [0, 0.1) is 0 Å². The molecule has 0 bridgehead atoms. The van der Waals surface area contributed by atoms with Gasteiger partial charge in [-0.2, -0.15) is 0 Å². The van der Waals surface area contributed by atoms with Gasteiger partial charge < -0.3 is 14.2 Å². The number of esters is 1. The number of para-hydroxylation sites is 1. The Morgan fingerprint density at radius 2 is 2.22 bits per heavy atom. The molecule has 4 heteroatoms. The van der Waals surface area contributed by atoms with Crippen LogP contribution in [-0.4, -0.2) is 25.3 Å². The number of ether oxygens (including phenoxy) is 3. The largest absolute Gasteiger partial charge is 0.490 e. The molecule has 1 heterocycles. The molecule has 0 N–H and O–H groups in total. The third-order valence-electron chi connectivity index (χ3n) is 2.51. The van der Waals surface area contributed by atoms with Gasteiger partial charge in [0.2, 0.25) is 0 Å². The van der Waals surface area contributed by atoms with Crippen molar-refractivity contribution in [1.82, 2.24) is 0 Å². The van der Waals surface area contributed by atoms with Crippen molar-refractivity contribution in [2.24, 2.45) is 0 Å². The molecule has 1 aliphatic rings. The molecular formula is C14H16O4. The summed E-state index contributed by atoms with van der Waals surface area (Å²) in [5.41, 5.74) is 1.23. The predicted octanol–water partition coefficient (Wildman–Crippen LogP) is 2.08. The summed E-state index contributed by atoms with van der Waals surface area (Å²) in [6.45, 7) is 6.63. The van der Waals surface area contributed by atoms with Gasteiger partial charge in [0.15, 0.2) is 0 Å². The summed E-state index contributed by atoms with van der Waals surface area (Å²) in [7, 11) is 0. The number of rotatable bonds is 6. The molecular weight excluding hydrogens is 232 g/mol. The lowest BCUT2D eigenvalue weighted by Crippen LogP contribution is -2.08. The molecule has 1 atom stereocenters. The number of epoxide rings is 1. The van der Waals surface area contributed by atoms with Crippen LogP contribution in [-0.2, 0) is 20.9 Å². The van der Waals surface area contributed by atoms with E-state index in [1.807, 2.05) is 24.3 Å². The standard InChI is InChI=1S/C14H16O4/c1-10(2)14(15)18-7-11-5-3-4-6-13(11)17-9-12-8-16-12/h3-6,12H,1,7-9H2,2H3. The van der Waals surface area contributed by atoms with Crippen molar-refractivity contribution in [2.45, 2.75) is 19.6 Å². The molecule has 4 nitrogen and oxygen atoms in total. The second kappa shape index (κ2) is 5.69. The number of hydrogen-bond acceptors (Lipinski definition) is 4. The Morgan fingerprint density at radius 3 is 2.89 bits per heavy atom. The summed E-state index contributed by atoms with van der Waals surface area (Å²) >= 11 is 0. The summed E-state index contributed by atoms with van der Waals surface area (Å²) in [5, 5.41) is 0. The first kappa shape index (κ1) is 12.6. The zero-order valence-corrected chi connectivity index (χ0v) is 10.3. The molecule has 0 aromatic heterocycles. The Bertz CT molecular complexity index is 449. The van der Waals surface area contributed by atoms with Crippen molar-refractivity contribution < 1.29 is 19.0 Å². The van der Waals surface area contributed by atoms with Crippen LogP contribution >= 0.6 is 0 Å². The zero-order chi connectivity index (χ0) is 13.0. The topological polar surface area (TPSA) is 48.1 Å². The molecule has 0 saturated carbocycles. The average molecular weight is 248 g/mol. The van der Waals surface area contributed by atoms with Gasteiger partial charge in [-0.25, -0.2) is 4.79 Å². The molecule has 1 aliphatic heterocycles. The minimum Gasteiger partial charge on any atom is -0.490 e. The van der Waals surface area contributed by atoms with E-state index in [-0.39, 0.29) is 12.7 Å². The van der Waals surface area contributed by atoms with E-state index >= 15 is 0 Å². The highest BCUT2D eigenvalue weighted by molar-refractivity contribution is 5.86. The van der Waals surface area contributed by atoms with Gasteiger partial charge in [-0.15, -0.1) is 0 Å². The van der Waals surface area contributed by atoms with Crippen molar-refractivity contribution in [3.8, 4) is 5.75 Å². The van der Waals surface area contributed by atoms with Gasteiger partial charge >= 0.3 is 5.97 Å². The van der Waals surface area contributed by atoms with Crippen molar-refractivity contribution in [3.05, 3.63) is 42.0 Å². The third kappa shape index (κ3) is 3.60. The van der Waals surface area contributed by atoms with Gasteiger partial charge in [0.25, 0.3) is 0 Å². The zero-order valence-electron chi connectivity index (χ0n) is 10.3. The fourth-order valence-corrected chi connectivity index (χ4v) is 1.38. The molecule has 1 saturated heterocycles. The Balaban J connectivity index is 1.93. The smallest absolute Gasteiger partial charge is 0.333 e. The maximum Gasteiger partial charge on any atom is 0.333 e. The monoisotopic (exact) mass is 248 g/mol. The van der Waals surface area contributed by atoms with E-state index in [2.05, 4.69) is 6.58 Å². The van der Waals surface area contributed by atoms with Crippen molar-refractivity contribution in [3.63, 3.8) is 0 Å². The minimum absolute atomic E-state index is 0.188. The van der Waals surface area contributed by atoms with Crippen LogP contribution in [0.15, 0.2) is 36.4 Å². The maximum absolute atomic E-state index is 11.3. The quantitative estimate of drug-likeness (QED) is 0.439. The molecule has 96 valence electrons. The molecule has 0 amide bonds. The Morgan fingerprint density at radius 1 is 1.50 bits per heavy atom. The van der Waals surface area contributed by atoms with E-state index in [4.69, 9.17) is 14.2 Å². The van der Waals surface area contributed by atoms with E-state index in [0.717, 1.165) is 17.9 Å². The highest BCUT2D eigenvalue weighted by Crippen LogP contribution is 2.21. The Hall–Kier alpha value is -1.81. The lowest BCUT2D eigenvalue weighted by atomic mass is 10.2. The first-order chi connectivity index (χ1) is 8.66. The van der Waals surface area contributed by atoms with Gasteiger partial charge in [-0.05, 0) is 13.0 Å². The SMILES string of the molecule is C=C(C)C(=O)OCc1ccccc1OCC1CO1. The van der Waals surface area contributed by atoms with Crippen LogP contribution in [0.3, 0.4) is 0 Å². The Labute approximate surface area is 106 Å². The Kier molecular flexibility index (Phi) is 3.99. The molecule has 0 aliphatic carbocycles. The summed E-state index contributed by atoms with van der Waals surface area (Å²) in [4.78, 5) is 11.3. The lowest BCUT2D eigenvalue weighted by Gasteiger charge is -2.11. The fraction of sp³-hybridized carbons (Fsp3) is 0.357. The van der Waals surface area contributed by atoms with Crippen LogP contribution in [0.2, 0.25) is 0 Å².